The number of hydrogen-bond acceptors (Lipinski definition) is 4. The molecule has 17 heavy (non-hydrogen) atoms. The molecule has 5 nitrogen and oxygen atoms in total. The number of hydrogen-bond donors (Lipinski definition) is 2. The fourth-order valence-electron chi connectivity index (χ4n) is 1.48. The van der Waals surface area contributed by atoms with Crippen LogP contribution in [0.4, 0.5) is 5.82 Å². The molecule has 1 aromatic heterocycles. The molecule has 94 valence electrons. The first-order valence-electron chi connectivity index (χ1n) is 5.39. The average Bonchev–Trinajstić information content (AvgIpc) is 2.13. The Labute approximate surface area is 105 Å². The Morgan fingerprint density at radius 3 is 2.65 bits per heavy atom. The van der Waals surface area contributed by atoms with E-state index in [4.69, 9.17) is 16.7 Å². The van der Waals surface area contributed by atoms with Gasteiger partial charge in [-0.25, -0.2) is 14.8 Å². The molecule has 1 heterocycles. The van der Waals surface area contributed by atoms with E-state index in [0.717, 1.165) is 0 Å². The van der Waals surface area contributed by atoms with Crippen LogP contribution in [0.2, 0.25) is 5.15 Å². The zero-order valence-electron chi connectivity index (χ0n) is 10.1. The summed E-state index contributed by atoms with van der Waals surface area (Å²) in [6, 6.07) is 0.852. The molecule has 0 aliphatic rings. The van der Waals surface area contributed by atoms with Gasteiger partial charge < -0.3 is 10.4 Å². The molecule has 0 fully saturated rings. The molecular formula is C11H16ClN3O2. The molecule has 1 rings (SSSR count). The Kier molecular flexibility index (Phi) is 4.69. The van der Waals surface area contributed by atoms with Gasteiger partial charge in [-0.15, -0.1) is 0 Å². The van der Waals surface area contributed by atoms with Crippen LogP contribution in [0.5, 0.6) is 0 Å². The van der Waals surface area contributed by atoms with E-state index in [2.05, 4.69) is 15.3 Å². The molecule has 0 saturated heterocycles. The molecular weight excluding hydrogens is 242 g/mol. The molecule has 1 atom stereocenters. The third-order valence-electron chi connectivity index (χ3n) is 2.13. The van der Waals surface area contributed by atoms with Gasteiger partial charge in [-0.3, -0.25) is 0 Å². The lowest BCUT2D eigenvalue weighted by Crippen LogP contribution is -2.31. The van der Waals surface area contributed by atoms with E-state index in [1.165, 1.54) is 6.07 Å². The van der Waals surface area contributed by atoms with Crippen LogP contribution >= 0.6 is 11.6 Å². The van der Waals surface area contributed by atoms with Crippen molar-refractivity contribution in [2.45, 2.75) is 33.2 Å². The van der Waals surface area contributed by atoms with Crippen LogP contribution in [0.1, 0.15) is 26.1 Å². The molecule has 6 heteroatoms. The predicted octanol–water partition coefficient (Wildman–Crippen LogP) is 2.35. The van der Waals surface area contributed by atoms with Gasteiger partial charge in [0, 0.05) is 6.07 Å². The summed E-state index contributed by atoms with van der Waals surface area (Å²) in [5.74, 6) is 0.331. The van der Waals surface area contributed by atoms with Crippen molar-refractivity contribution in [3.8, 4) is 0 Å². The lowest BCUT2D eigenvalue weighted by atomic mass is 10.0. The molecule has 1 aromatic rings. The summed E-state index contributed by atoms with van der Waals surface area (Å²) in [5.41, 5.74) is 0. The Morgan fingerprint density at radius 2 is 2.18 bits per heavy atom. The summed E-state index contributed by atoms with van der Waals surface area (Å²) in [4.78, 5) is 19.1. The smallest absolute Gasteiger partial charge is 0.326 e. The molecule has 0 aliphatic heterocycles. The van der Waals surface area contributed by atoms with E-state index in [0.29, 0.717) is 23.2 Å². The minimum absolute atomic E-state index is 0.280. The van der Waals surface area contributed by atoms with Gasteiger partial charge in [0.05, 0.1) is 0 Å². The largest absolute Gasteiger partial charge is 0.480 e. The van der Waals surface area contributed by atoms with E-state index in [9.17, 15) is 4.79 Å². The van der Waals surface area contributed by atoms with Crippen LogP contribution < -0.4 is 5.32 Å². The maximum Gasteiger partial charge on any atom is 0.326 e. The zero-order chi connectivity index (χ0) is 13.0. The molecule has 0 saturated carbocycles. The van der Waals surface area contributed by atoms with Gasteiger partial charge >= 0.3 is 5.97 Å². The van der Waals surface area contributed by atoms with Crippen molar-refractivity contribution in [2.75, 3.05) is 5.32 Å². The van der Waals surface area contributed by atoms with E-state index >= 15 is 0 Å². The fourth-order valence-corrected chi connectivity index (χ4v) is 1.70. The maximum atomic E-state index is 11.1. The summed E-state index contributed by atoms with van der Waals surface area (Å²) in [5, 5.41) is 12.2. The zero-order valence-corrected chi connectivity index (χ0v) is 10.8. The van der Waals surface area contributed by atoms with Crippen LogP contribution in [0.3, 0.4) is 0 Å². The van der Waals surface area contributed by atoms with Crippen LogP contribution in [0, 0.1) is 12.8 Å². The molecule has 0 spiro atoms. The topological polar surface area (TPSA) is 75.1 Å². The highest BCUT2D eigenvalue weighted by Gasteiger charge is 2.19. The number of aliphatic carboxylic acids is 1. The number of anilines is 1. The molecule has 2 N–H and O–H groups in total. The van der Waals surface area contributed by atoms with Crippen molar-refractivity contribution in [3.05, 3.63) is 17.0 Å². The molecule has 0 radical (unpaired) electrons. The van der Waals surface area contributed by atoms with Gasteiger partial charge in [0.15, 0.2) is 0 Å². The molecule has 0 unspecified atom stereocenters. The summed E-state index contributed by atoms with van der Waals surface area (Å²) >= 11 is 5.78. The first-order valence-corrected chi connectivity index (χ1v) is 5.77. The summed E-state index contributed by atoms with van der Waals surface area (Å²) in [6.45, 7) is 5.64. The van der Waals surface area contributed by atoms with Crippen LogP contribution in [-0.2, 0) is 4.79 Å². The Hall–Kier alpha value is -1.36. The first kappa shape index (κ1) is 13.7. The summed E-state index contributed by atoms with van der Waals surface area (Å²) < 4.78 is 0. The Balaban J connectivity index is 2.82. The van der Waals surface area contributed by atoms with Crippen LogP contribution in [0.25, 0.3) is 0 Å². The minimum Gasteiger partial charge on any atom is -0.480 e. The standard InChI is InChI=1S/C11H16ClN3O2/c1-6(2)4-8(11(16)17)15-10-5-9(12)13-7(3)14-10/h5-6,8H,4H2,1-3H3,(H,16,17)(H,13,14,15)/t8-/m1/s1. The lowest BCUT2D eigenvalue weighted by Gasteiger charge is -2.17. The van der Waals surface area contributed by atoms with Gasteiger partial charge in [-0.1, -0.05) is 25.4 Å². The van der Waals surface area contributed by atoms with Crippen molar-refractivity contribution < 1.29 is 9.90 Å². The number of aromatic nitrogens is 2. The van der Waals surface area contributed by atoms with Gasteiger partial charge in [0.1, 0.15) is 22.8 Å². The third kappa shape index (κ3) is 4.56. The number of carboxylic acid groups (broad SMARTS) is 1. The van der Waals surface area contributed by atoms with E-state index < -0.39 is 12.0 Å². The lowest BCUT2D eigenvalue weighted by molar-refractivity contribution is -0.138. The number of halogens is 1. The second kappa shape index (κ2) is 5.82. The highest BCUT2D eigenvalue weighted by Crippen LogP contribution is 2.15. The van der Waals surface area contributed by atoms with Gasteiger partial charge in [-0.2, -0.15) is 0 Å². The number of carboxylic acids is 1. The number of nitrogens with one attached hydrogen (secondary N) is 1. The number of nitrogens with zero attached hydrogens (tertiary/aromatic N) is 2. The van der Waals surface area contributed by atoms with Crippen molar-refractivity contribution >= 4 is 23.4 Å². The molecule has 0 bridgehead atoms. The third-order valence-corrected chi connectivity index (χ3v) is 2.33. The van der Waals surface area contributed by atoms with Gasteiger partial charge in [0.2, 0.25) is 0 Å². The highest BCUT2D eigenvalue weighted by molar-refractivity contribution is 6.29. The van der Waals surface area contributed by atoms with E-state index in [1.807, 2.05) is 13.8 Å². The number of rotatable bonds is 5. The summed E-state index contributed by atoms with van der Waals surface area (Å²) in [7, 11) is 0. The quantitative estimate of drug-likeness (QED) is 0.792. The second-order valence-corrected chi connectivity index (χ2v) is 4.68. The highest BCUT2D eigenvalue weighted by atomic mass is 35.5. The Bertz CT molecular complexity index is 389. The van der Waals surface area contributed by atoms with Crippen molar-refractivity contribution in [1.82, 2.24) is 9.97 Å². The maximum absolute atomic E-state index is 11.1. The minimum atomic E-state index is -0.897. The Morgan fingerprint density at radius 1 is 1.53 bits per heavy atom. The normalized spacial score (nSPS) is 12.5. The van der Waals surface area contributed by atoms with E-state index in [1.54, 1.807) is 6.92 Å². The monoisotopic (exact) mass is 257 g/mol. The number of aryl methyl sites for hydroxylation is 1. The van der Waals surface area contributed by atoms with Gasteiger partial charge in [0.25, 0.3) is 0 Å². The average molecular weight is 258 g/mol. The first-order chi connectivity index (χ1) is 7.88. The van der Waals surface area contributed by atoms with Crippen LogP contribution in [-0.4, -0.2) is 27.1 Å². The van der Waals surface area contributed by atoms with Crippen molar-refractivity contribution in [2.24, 2.45) is 5.92 Å². The van der Waals surface area contributed by atoms with Crippen molar-refractivity contribution in [3.63, 3.8) is 0 Å². The van der Waals surface area contributed by atoms with Crippen molar-refractivity contribution in [1.29, 1.82) is 0 Å². The van der Waals surface area contributed by atoms with Crippen LogP contribution in [0.15, 0.2) is 6.07 Å². The van der Waals surface area contributed by atoms with E-state index in [-0.39, 0.29) is 5.92 Å². The molecule has 0 aliphatic carbocycles. The molecule has 0 amide bonds. The SMILES string of the molecule is Cc1nc(Cl)cc(N[C@H](CC(C)C)C(=O)O)n1. The number of carbonyl (C=O) groups is 1. The molecule has 0 aromatic carbocycles. The van der Waals surface area contributed by atoms with Gasteiger partial charge in [-0.05, 0) is 19.3 Å². The summed E-state index contributed by atoms with van der Waals surface area (Å²) in [6.07, 6.45) is 0.524. The fraction of sp³-hybridized carbons (Fsp3) is 0.545. The predicted molar refractivity (Wildman–Crippen MR) is 66.3 cm³/mol. The second-order valence-electron chi connectivity index (χ2n) is 4.29.